The molecule has 0 spiro atoms. The van der Waals surface area contributed by atoms with E-state index in [1.165, 1.54) is 4.90 Å². The van der Waals surface area contributed by atoms with Crippen LogP contribution in [0.3, 0.4) is 0 Å². The maximum Gasteiger partial charge on any atom is 0.278 e. The molecule has 7 heteroatoms. The summed E-state index contributed by atoms with van der Waals surface area (Å²) in [5, 5.41) is 0. The lowest BCUT2D eigenvalue weighted by atomic mass is 10.2. The zero-order valence-corrected chi connectivity index (χ0v) is 16.4. The molecule has 0 unspecified atom stereocenters. The SMILES string of the molecule is COc1ccc(CN(C(=O)C[NH+]2CCN(c3ncccn3)CC2)C2CC2)cc1. The summed E-state index contributed by atoms with van der Waals surface area (Å²) < 4.78 is 5.23. The highest BCUT2D eigenvalue weighted by molar-refractivity contribution is 5.77. The van der Waals surface area contributed by atoms with Gasteiger partial charge in [-0.1, -0.05) is 12.1 Å². The smallest absolute Gasteiger partial charge is 0.278 e. The van der Waals surface area contributed by atoms with Crippen molar-refractivity contribution >= 4 is 11.9 Å². The Labute approximate surface area is 165 Å². The first kappa shape index (κ1) is 18.7. The van der Waals surface area contributed by atoms with Crippen LogP contribution in [-0.2, 0) is 11.3 Å². The number of anilines is 1. The lowest BCUT2D eigenvalue weighted by Crippen LogP contribution is -3.16. The van der Waals surface area contributed by atoms with E-state index < -0.39 is 0 Å². The van der Waals surface area contributed by atoms with E-state index in [2.05, 4.69) is 19.8 Å². The minimum Gasteiger partial charge on any atom is -0.497 e. The van der Waals surface area contributed by atoms with E-state index in [1.807, 2.05) is 30.3 Å². The van der Waals surface area contributed by atoms with Crippen LogP contribution in [0.25, 0.3) is 0 Å². The fourth-order valence-electron chi connectivity index (χ4n) is 3.70. The van der Waals surface area contributed by atoms with Crippen LogP contribution in [0.1, 0.15) is 18.4 Å². The molecular formula is C21H28N5O2+. The van der Waals surface area contributed by atoms with Crippen molar-refractivity contribution in [2.75, 3.05) is 44.7 Å². The number of piperazine rings is 1. The van der Waals surface area contributed by atoms with E-state index in [9.17, 15) is 4.79 Å². The van der Waals surface area contributed by atoms with Crippen LogP contribution in [0, 0.1) is 0 Å². The fourth-order valence-corrected chi connectivity index (χ4v) is 3.70. The van der Waals surface area contributed by atoms with Gasteiger partial charge in [-0.05, 0) is 36.6 Å². The molecule has 28 heavy (non-hydrogen) atoms. The number of quaternary nitrogens is 1. The minimum atomic E-state index is 0.262. The first-order valence-electron chi connectivity index (χ1n) is 10.0. The summed E-state index contributed by atoms with van der Waals surface area (Å²) >= 11 is 0. The summed E-state index contributed by atoms with van der Waals surface area (Å²) in [6.07, 6.45) is 5.79. The van der Waals surface area contributed by atoms with Gasteiger partial charge in [0.05, 0.1) is 33.3 Å². The van der Waals surface area contributed by atoms with Crippen LogP contribution in [0.2, 0.25) is 0 Å². The normalized spacial score (nSPS) is 17.4. The number of nitrogens with zero attached hydrogens (tertiary/aromatic N) is 4. The summed E-state index contributed by atoms with van der Waals surface area (Å²) in [4.78, 5) is 27.3. The highest BCUT2D eigenvalue weighted by Crippen LogP contribution is 2.28. The van der Waals surface area contributed by atoms with Crippen LogP contribution in [0.4, 0.5) is 5.95 Å². The second kappa shape index (κ2) is 8.56. The third kappa shape index (κ3) is 4.59. The number of aromatic nitrogens is 2. The van der Waals surface area contributed by atoms with Crippen molar-refractivity contribution in [1.29, 1.82) is 0 Å². The number of ether oxygens (including phenoxy) is 1. The Bertz CT molecular complexity index is 771. The van der Waals surface area contributed by atoms with Crippen molar-refractivity contribution in [2.24, 2.45) is 0 Å². The average molecular weight is 382 g/mol. The molecule has 1 aromatic carbocycles. The highest BCUT2D eigenvalue weighted by Gasteiger charge is 2.34. The standard InChI is InChI=1S/C21H27N5O2/c1-28-19-7-3-17(4-8-19)15-26(18-5-6-18)20(27)16-24-11-13-25(14-12-24)21-22-9-2-10-23-21/h2-4,7-10,18H,5-6,11-16H2,1H3/p+1. The maximum atomic E-state index is 13.0. The van der Waals surface area contributed by atoms with Gasteiger partial charge in [0.1, 0.15) is 5.75 Å². The molecule has 2 aromatic rings. The molecule has 1 aliphatic carbocycles. The molecule has 2 heterocycles. The number of rotatable bonds is 7. The number of hydrogen-bond acceptors (Lipinski definition) is 5. The van der Waals surface area contributed by atoms with Crippen LogP contribution in [-0.4, -0.2) is 66.7 Å². The van der Waals surface area contributed by atoms with Crippen molar-refractivity contribution in [3.8, 4) is 5.75 Å². The largest absolute Gasteiger partial charge is 0.497 e. The van der Waals surface area contributed by atoms with Gasteiger partial charge in [-0.3, -0.25) is 4.79 Å². The van der Waals surface area contributed by atoms with Crippen molar-refractivity contribution in [3.05, 3.63) is 48.3 Å². The van der Waals surface area contributed by atoms with Gasteiger partial charge in [0, 0.05) is 25.0 Å². The summed E-state index contributed by atoms with van der Waals surface area (Å²) in [7, 11) is 1.67. The predicted molar refractivity (Wildman–Crippen MR) is 106 cm³/mol. The molecule has 1 saturated heterocycles. The van der Waals surface area contributed by atoms with E-state index in [1.54, 1.807) is 19.5 Å². The summed E-state index contributed by atoms with van der Waals surface area (Å²) in [6.45, 7) is 4.89. The fraction of sp³-hybridized carbons (Fsp3) is 0.476. The summed E-state index contributed by atoms with van der Waals surface area (Å²) in [5.41, 5.74) is 1.15. The summed E-state index contributed by atoms with van der Waals surface area (Å²) in [6, 6.07) is 10.3. The predicted octanol–water partition coefficient (Wildman–Crippen LogP) is 0.381. The Hall–Kier alpha value is -2.67. The molecule has 2 fully saturated rings. The third-order valence-electron chi connectivity index (χ3n) is 5.53. The first-order valence-corrected chi connectivity index (χ1v) is 10.0. The van der Waals surface area contributed by atoms with E-state index >= 15 is 0 Å². The van der Waals surface area contributed by atoms with Crippen LogP contribution in [0.5, 0.6) is 5.75 Å². The van der Waals surface area contributed by atoms with Gasteiger partial charge in [0.25, 0.3) is 5.91 Å². The van der Waals surface area contributed by atoms with Crippen molar-refractivity contribution in [3.63, 3.8) is 0 Å². The van der Waals surface area contributed by atoms with Gasteiger partial charge < -0.3 is 19.4 Å². The van der Waals surface area contributed by atoms with Gasteiger partial charge in [-0.2, -0.15) is 0 Å². The Morgan fingerprint density at radius 1 is 1.18 bits per heavy atom. The average Bonchev–Trinajstić information content (AvgIpc) is 3.59. The van der Waals surface area contributed by atoms with E-state index in [0.29, 0.717) is 19.1 Å². The molecule has 2 aliphatic rings. The Morgan fingerprint density at radius 2 is 1.86 bits per heavy atom. The number of methoxy groups -OCH3 is 1. The lowest BCUT2D eigenvalue weighted by molar-refractivity contribution is -0.892. The molecule has 1 amide bonds. The number of carbonyl (C=O) groups is 1. The minimum absolute atomic E-state index is 0.262. The lowest BCUT2D eigenvalue weighted by Gasteiger charge is -2.33. The van der Waals surface area contributed by atoms with Crippen LogP contribution < -0.4 is 14.5 Å². The highest BCUT2D eigenvalue weighted by atomic mass is 16.5. The van der Waals surface area contributed by atoms with Crippen LogP contribution >= 0.6 is 0 Å². The molecule has 1 saturated carbocycles. The van der Waals surface area contributed by atoms with Crippen LogP contribution in [0.15, 0.2) is 42.7 Å². The van der Waals surface area contributed by atoms with E-state index in [4.69, 9.17) is 4.74 Å². The molecular weight excluding hydrogens is 354 g/mol. The molecule has 0 radical (unpaired) electrons. The molecule has 148 valence electrons. The van der Waals surface area contributed by atoms with E-state index in [0.717, 1.165) is 56.3 Å². The molecule has 1 N–H and O–H groups in total. The van der Waals surface area contributed by atoms with E-state index in [-0.39, 0.29) is 5.91 Å². The number of nitrogens with one attached hydrogen (secondary N) is 1. The van der Waals surface area contributed by atoms with Crippen molar-refractivity contribution in [2.45, 2.75) is 25.4 Å². The molecule has 0 atom stereocenters. The third-order valence-corrected chi connectivity index (χ3v) is 5.53. The summed E-state index contributed by atoms with van der Waals surface area (Å²) in [5.74, 6) is 1.89. The Balaban J connectivity index is 1.31. The second-order valence-corrected chi connectivity index (χ2v) is 7.56. The van der Waals surface area contributed by atoms with Crippen molar-refractivity contribution in [1.82, 2.24) is 14.9 Å². The first-order chi connectivity index (χ1) is 13.7. The number of benzene rings is 1. The zero-order chi connectivity index (χ0) is 19.3. The van der Waals surface area contributed by atoms with Gasteiger partial charge >= 0.3 is 0 Å². The van der Waals surface area contributed by atoms with Gasteiger partial charge in [-0.25, -0.2) is 9.97 Å². The molecule has 0 bridgehead atoms. The van der Waals surface area contributed by atoms with Gasteiger partial charge in [0.15, 0.2) is 6.54 Å². The molecule has 4 rings (SSSR count). The number of carbonyl (C=O) groups excluding carboxylic acids is 1. The molecule has 7 nitrogen and oxygen atoms in total. The monoisotopic (exact) mass is 382 g/mol. The Kier molecular flexibility index (Phi) is 5.71. The van der Waals surface area contributed by atoms with Gasteiger partial charge in [-0.15, -0.1) is 0 Å². The maximum absolute atomic E-state index is 13.0. The zero-order valence-electron chi connectivity index (χ0n) is 16.4. The quantitative estimate of drug-likeness (QED) is 0.750. The Morgan fingerprint density at radius 3 is 2.46 bits per heavy atom. The molecule has 1 aromatic heterocycles. The topological polar surface area (TPSA) is 63.0 Å². The second-order valence-electron chi connectivity index (χ2n) is 7.56. The van der Waals surface area contributed by atoms with Gasteiger partial charge in [0.2, 0.25) is 5.95 Å². The number of hydrogen-bond donors (Lipinski definition) is 1. The van der Waals surface area contributed by atoms with Crippen molar-refractivity contribution < 1.29 is 14.4 Å². The number of amides is 1. The molecule has 1 aliphatic heterocycles.